The Balaban J connectivity index is 1.56. The Labute approximate surface area is 197 Å². The molecule has 31 heavy (non-hydrogen) atoms. The maximum absolute atomic E-state index is 13.4. The standard InChI is InChI=1S/C24H26Cl2FNO2S/c1-15(25)22(31-21-9-7-18(27)14-19(21)26)23(29)28-24(11-2-3-12-24)17-5-4-16-10-13-30-20(16)8-6-17/h4-9,14-16,22H,2-3,10-13H2,1H3,(H,28,29). The number of carbonyl (C=O) groups excluding carboxylic acids is 1. The lowest BCUT2D eigenvalue weighted by atomic mass is 9.86. The van der Waals surface area contributed by atoms with E-state index in [0.717, 1.165) is 50.0 Å². The molecule has 1 aromatic carbocycles. The van der Waals surface area contributed by atoms with Gasteiger partial charge in [0.05, 0.1) is 22.5 Å². The second kappa shape index (κ2) is 9.60. The summed E-state index contributed by atoms with van der Waals surface area (Å²) in [6.07, 6.45) is 13.4. The number of benzene rings is 1. The molecular formula is C24H26Cl2FNO2S. The molecule has 7 heteroatoms. The molecule has 1 amide bonds. The van der Waals surface area contributed by atoms with Crippen LogP contribution < -0.4 is 5.32 Å². The smallest absolute Gasteiger partial charge is 0.235 e. The maximum atomic E-state index is 13.4. The third-order valence-corrected chi connectivity index (χ3v) is 8.51. The molecule has 3 unspecified atom stereocenters. The summed E-state index contributed by atoms with van der Waals surface area (Å²) in [5.41, 5.74) is 0.690. The topological polar surface area (TPSA) is 38.3 Å². The van der Waals surface area contributed by atoms with Gasteiger partial charge in [0.1, 0.15) is 16.8 Å². The predicted octanol–water partition coefficient (Wildman–Crippen LogP) is 6.41. The molecule has 0 aromatic heterocycles. The Bertz CT molecular complexity index is 938. The minimum absolute atomic E-state index is 0.127. The van der Waals surface area contributed by atoms with E-state index in [9.17, 15) is 9.18 Å². The van der Waals surface area contributed by atoms with Crippen LogP contribution in [0.5, 0.6) is 0 Å². The first-order chi connectivity index (χ1) is 14.9. The van der Waals surface area contributed by atoms with Gasteiger partial charge in [0.2, 0.25) is 5.91 Å². The van der Waals surface area contributed by atoms with Gasteiger partial charge in [-0.1, -0.05) is 42.7 Å². The Morgan fingerprint density at radius 2 is 2.10 bits per heavy atom. The highest BCUT2D eigenvalue weighted by molar-refractivity contribution is 8.00. The summed E-state index contributed by atoms with van der Waals surface area (Å²) in [7, 11) is 0. The fourth-order valence-electron chi connectivity index (χ4n) is 4.52. The lowest BCUT2D eigenvalue weighted by Crippen LogP contribution is -2.51. The zero-order chi connectivity index (χ0) is 22.0. The number of carbonyl (C=O) groups is 1. The highest BCUT2D eigenvalue weighted by Crippen LogP contribution is 2.40. The number of rotatable bonds is 6. The molecule has 1 saturated heterocycles. The number of allylic oxidation sites excluding steroid dienone is 3. The number of hydrogen-bond donors (Lipinski definition) is 1. The highest BCUT2D eigenvalue weighted by Gasteiger charge is 2.40. The molecule has 3 atom stereocenters. The zero-order valence-electron chi connectivity index (χ0n) is 17.4. The van der Waals surface area contributed by atoms with E-state index < -0.39 is 22.0 Å². The molecule has 3 aliphatic rings. The monoisotopic (exact) mass is 481 g/mol. The third kappa shape index (κ3) is 4.99. The molecule has 0 radical (unpaired) electrons. The van der Waals surface area contributed by atoms with E-state index in [1.807, 2.05) is 6.08 Å². The summed E-state index contributed by atoms with van der Waals surface area (Å²) in [6, 6.07) is 4.19. The Morgan fingerprint density at radius 1 is 1.32 bits per heavy atom. The number of ether oxygens (including phenoxy) is 1. The molecule has 0 spiro atoms. The van der Waals surface area contributed by atoms with Crippen LogP contribution in [0, 0.1) is 11.7 Å². The van der Waals surface area contributed by atoms with Gasteiger partial charge >= 0.3 is 0 Å². The first-order valence-corrected chi connectivity index (χ1v) is 12.4. The van der Waals surface area contributed by atoms with Crippen LogP contribution in [0.3, 0.4) is 0 Å². The van der Waals surface area contributed by atoms with Crippen molar-refractivity contribution in [3.05, 3.63) is 64.7 Å². The molecule has 0 bridgehead atoms. The largest absolute Gasteiger partial charge is 0.497 e. The normalized spacial score (nSPS) is 23.8. The quantitative estimate of drug-likeness (QED) is 0.376. The Morgan fingerprint density at radius 3 is 2.81 bits per heavy atom. The number of fused-ring (bicyclic) bond motifs is 1. The van der Waals surface area contributed by atoms with Crippen LogP contribution in [0.15, 0.2) is 58.7 Å². The van der Waals surface area contributed by atoms with Gasteiger partial charge in [0, 0.05) is 10.8 Å². The number of alkyl halides is 1. The van der Waals surface area contributed by atoms with Crippen LogP contribution in [0.25, 0.3) is 0 Å². The third-order valence-electron chi connectivity index (χ3n) is 6.19. The Kier molecular flexibility index (Phi) is 7.04. The van der Waals surface area contributed by atoms with Crippen LogP contribution in [0.2, 0.25) is 5.02 Å². The molecule has 2 fully saturated rings. The first-order valence-electron chi connectivity index (χ1n) is 10.7. The van der Waals surface area contributed by atoms with Crippen LogP contribution in [-0.4, -0.2) is 28.7 Å². The average Bonchev–Trinajstić information content (AvgIpc) is 3.33. The van der Waals surface area contributed by atoms with Gasteiger partial charge in [0.25, 0.3) is 0 Å². The second-order valence-corrected chi connectivity index (χ2v) is 10.6. The van der Waals surface area contributed by atoms with Crippen molar-refractivity contribution in [3.63, 3.8) is 0 Å². The predicted molar refractivity (Wildman–Crippen MR) is 125 cm³/mol. The maximum Gasteiger partial charge on any atom is 0.235 e. The fraction of sp³-hybridized carbons (Fsp3) is 0.458. The minimum atomic E-state index is -0.557. The van der Waals surface area contributed by atoms with E-state index in [1.165, 1.54) is 23.9 Å². The SMILES string of the molecule is CC(Cl)C(Sc1ccc(F)cc1Cl)C(=O)NC1(C2=CC=C3OCCC3C=C2)CCCC1. The van der Waals surface area contributed by atoms with Gasteiger partial charge in [-0.05, 0) is 56.0 Å². The van der Waals surface area contributed by atoms with E-state index >= 15 is 0 Å². The lowest BCUT2D eigenvalue weighted by Gasteiger charge is -2.34. The number of hydrogen-bond acceptors (Lipinski definition) is 3. The summed E-state index contributed by atoms with van der Waals surface area (Å²) in [5, 5.41) is 2.63. The minimum Gasteiger partial charge on any atom is -0.497 e. The molecular weight excluding hydrogens is 456 g/mol. The molecule has 1 heterocycles. The van der Waals surface area contributed by atoms with Crippen LogP contribution in [-0.2, 0) is 9.53 Å². The number of thioether (sulfide) groups is 1. The molecule has 1 aromatic rings. The summed E-state index contributed by atoms with van der Waals surface area (Å²) >= 11 is 13.9. The van der Waals surface area contributed by atoms with Crippen LogP contribution in [0.4, 0.5) is 4.39 Å². The zero-order valence-corrected chi connectivity index (χ0v) is 19.7. The highest BCUT2D eigenvalue weighted by atomic mass is 35.5. The van der Waals surface area contributed by atoms with E-state index in [1.54, 1.807) is 13.0 Å². The number of amides is 1. The van der Waals surface area contributed by atoms with Crippen molar-refractivity contribution in [1.29, 1.82) is 0 Å². The van der Waals surface area contributed by atoms with Gasteiger partial charge in [-0.15, -0.1) is 23.4 Å². The second-order valence-electron chi connectivity index (χ2n) is 8.36. The van der Waals surface area contributed by atoms with Crippen LogP contribution >= 0.6 is 35.0 Å². The fourth-order valence-corrected chi connectivity index (χ4v) is 6.03. The van der Waals surface area contributed by atoms with Crippen molar-refractivity contribution in [2.75, 3.05) is 6.61 Å². The van der Waals surface area contributed by atoms with Crippen molar-refractivity contribution < 1.29 is 13.9 Å². The van der Waals surface area contributed by atoms with E-state index in [4.69, 9.17) is 27.9 Å². The molecule has 4 rings (SSSR count). The molecule has 2 aliphatic carbocycles. The van der Waals surface area contributed by atoms with Crippen molar-refractivity contribution in [2.45, 2.75) is 60.1 Å². The summed E-state index contributed by atoms with van der Waals surface area (Å²) in [6.45, 7) is 2.55. The van der Waals surface area contributed by atoms with Gasteiger partial charge in [-0.2, -0.15) is 0 Å². The van der Waals surface area contributed by atoms with Crippen LogP contribution in [0.1, 0.15) is 39.0 Å². The Hall–Kier alpha value is -1.43. The van der Waals surface area contributed by atoms with Crippen molar-refractivity contribution in [2.24, 2.45) is 5.92 Å². The molecule has 166 valence electrons. The van der Waals surface area contributed by atoms with Gasteiger partial charge in [0.15, 0.2) is 0 Å². The first kappa shape index (κ1) is 22.8. The number of nitrogens with one attached hydrogen (secondary N) is 1. The van der Waals surface area contributed by atoms with Crippen molar-refractivity contribution >= 4 is 40.9 Å². The molecule has 1 N–H and O–H groups in total. The van der Waals surface area contributed by atoms with Crippen molar-refractivity contribution in [1.82, 2.24) is 5.32 Å². The van der Waals surface area contributed by atoms with Gasteiger partial charge in [-0.3, -0.25) is 4.79 Å². The van der Waals surface area contributed by atoms with Gasteiger partial charge < -0.3 is 10.1 Å². The molecule has 3 nitrogen and oxygen atoms in total. The van der Waals surface area contributed by atoms with E-state index in [-0.39, 0.29) is 10.9 Å². The summed E-state index contributed by atoms with van der Waals surface area (Å²) < 4.78 is 19.2. The van der Waals surface area contributed by atoms with Gasteiger partial charge in [-0.25, -0.2) is 4.39 Å². The summed E-state index contributed by atoms with van der Waals surface area (Å²) in [5.74, 6) is 0.778. The molecule has 1 aliphatic heterocycles. The van der Waals surface area contributed by atoms with E-state index in [0.29, 0.717) is 10.8 Å². The van der Waals surface area contributed by atoms with Crippen molar-refractivity contribution in [3.8, 4) is 0 Å². The average molecular weight is 482 g/mol. The summed E-state index contributed by atoms with van der Waals surface area (Å²) in [4.78, 5) is 14.1. The van der Waals surface area contributed by atoms with E-state index in [2.05, 4.69) is 23.5 Å². The number of halogens is 3. The molecule has 1 saturated carbocycles. The lowest BCUT2D eigenvalue weighted by molar-refractivity contribution is -0.122.